The lowest BCUT2D eigenvalue weighted by Crippen LogP contribution is -2.33. The molecule has 6 atom stereocenters. The predicted octanol–water partition coefficient (Wildman–Crippen LogP) is 9.64. The van der Waals surface area contributed by atoms with Crippen molar-refractivity contribution in [2.75, 3.05) is 13.7 Å². The number of fused-ring (bicyclic) bond motifs is 5. The maximum absolute atomic E-state index is 12.0. The van der Waals surface area contributed by atoms with E-state index >= 15 is 0 Å². The molecular weight excluding hydrogens is 703 g/mol. The number of aliphatic imine (C=N–C) groups is 1. The Morgan fingerprint density at radius 3 is 2.46 bits per heavy atom. The van der Waals surface area contributed by atoms with E-state index in [1.165, 1.54) is 37.7 Å². The van der Waals surface area contributed by atoms with Gasteiger partial charge in [0.05, 0.1) is 13.2 Å². The molecule has 6 rings (SSSR count). The summed E-state index contributed by atoms with van der Waals surface area (Å²) < 4.78 is 19.5. The third kappa shape index (κ3) is 9.70. The van der Waals surface area contributed by atoms with E-state index in [0.717, 1.165) is 103 Å². The molecule has 1 saturated carbocycles. The average Bonchev–Trinajstić information content (AvgIpc) is 3.16. The van der Waals surface area contributed by atoms with Gasteiger partial charge in [-0.15, -0.1) is 0 Å². The number of methoxy groups -OCH3 is 1. The normalized spacial score (nSPS) is 22.0. The third-order valence-corrected chi connectivity index (χ3v) is 12.5. The Morgan fingerprint density at radius 2 is 1.71 bits per heavy atom. The molecule has 0 bridgehead atoms. The van der Waals surface area contributed by atoms with E-state index in [4.69, 9.17) is 25.7 Å². The maximum Gasteiger partial charge on any atom is 0.185 e. The van der Waals surface area contributed by atoms with Crippen molar-refractivity contribution in [3.63, 3.8) is 0 Å². The van der Waals surface area contributed by atoms with Gasteiger partial charge in [0, 0.05) is 30.2 Å². The molecule has 9 nitrogen and oxygen atoms in total. The average molecular weight is 770 g/mol. The molecule has 0 aromatic heterocycles. The molecule has 1 heterocycles. The minimum atomic E-state index is -0.823. The lowest BCUT2D eigenvalue weighted by Gasteiger charge is -2.38. The van der Waals surface area contributed by atoms with Crippen molar-refractivity contribution in [2.45, 2.75) is 148 Å². The second-order valence-electron chi connectivity index (χ2n) is 17.3. The van der Waals surface area contributed by atoms with Gasteiger partial charge in [0.25, 0.3) is 0 Å². The number of hydrogen-bond donors (Lipinski definition) is 5. The van der Waals surface area contributed by atoms with Gasteiger partial charge < -0.3 is 41.0 Å². The Morgan fingerprint density at radius 1 is 0.929 bits per heavy atom. The summed E-state index contributed by atoms with van der Waals surface area (Å²) in [6.45, 7) is 9.52. The number of unbranched alkanes of at least 4 members (excludes halogenated alkanes) is 2. The van der Waals surface area contributed by atoms with Crippen LogP contribution in [0.15, 0.2) is 41.4 Å². The number of aliphatic hydroxyl groups excluding tert-OH is 1. The van der Waals surface area contributed by atoms with Crippen LogP contribution in [0, 0.1) is 17.8 Å². The van der Waals surface area contributed by atoms with Crippen LogP contribution >= 0.6 is 0 Å². The van der Waals surface area contributed by atoms with Crippen LogP contribution in [0.25, 0.3) is 11.1 Å². The number of phenols is 2. The van der Waals surface area contributed by atoms with Crippen LogP contribution < -0.4 is 25.7 Å². The maximum atomic E-state index is 12.0. The summed E-state index contributed by atoms with van der Waals surface area (Å²) in [6.07, 6.45) is 13.7. The largest absolute Gasteiger partial charge is 0.508 e. The second kappa shape index (κ2) is 18.9. The first-order valence-corrected chi connectivity index (χ1v) is 21.5. The van der Waals surface area contributed by atoms with E-state index in [2.05, 4.69) is 38.8 Å². The standard InChI is InChI=1S/C47H67N3O6/c1-6-7-8-12-29(4)13-11-15-31-22-33-24-38(52)34(21-28(2)3)23-35(33)45-43(54-5)27-41-36(44(31)45)26-39(53)46(56-41)32-17-18-37(51)42(25-32)55-40-16-10-9-14-30(40)19-20-50-47(48)49/h17-18,23-25,27-31,39-40,46,51-53H,6-16,19-22,26H2,1-5H3,(H4,48,49,50). The van der Waals surface area contributed by atoms with Gasteiger partial charge in [-0.2, -0.15) is 0 Å². The van der Waals surface area contributed by atoms with Gasteiger partial charge in [0.2, 0.25) is 0 Å². The molecule has 3 aromatic rings. The third-order valence-electron chi connectivity index (χ3n) is 12.5. The van der Waals surface area contributed by atoms with Crippen LogP contribution in [0.1, 0.15) is 145 Å². The smallest absolute Gasteiger partial charge is 0.185 e. The van der Waals surface area contributed by atoms with E-state index in [-0.39, 0.29) is 29.6 Å². The van der Waals surface area contributed by atoms with Crippen molar-refractivity contribution in [3.05, 3.63) is 64.2 Å². The van der Waals surface area contributed by atoms with Gasteiger partial charge in [-0.05, 0) is 121 Å². The summed E-state index contributed by atoms with van der Waals surface area (Å²) in [5, 5.41) is 34.1. The lowest BCUT2D eigenvalue weighted by atomic mass is 9.72. The second-order valence-corrected chi connectivity index (χ2v) is 17.3. The summed E-state index contributed by atoms with van der Waals surface area (Å²) in [5.74, 6) is 3.91. The Kier molecular flexibility index (Phi) is 14.0. The monoisotopic (exact) mass is 770 g/mol. The van der Waals surface area contributed by atoms with Crippen molar-refractivity contribution in [1.82, 2.24) is 0 Å². The first-order chi connectivity index (χ1) is 27.0. The fourth-order valence-corrected chi connectivity index (χ4v) is 9.60. The number of aliphatic hydroxyl groups is 1. The zero-order valence-electron chi connectivity index (χ0n) is 34.5. The van der Waals surface area contributed by atoms with Crippen LogP contribution in [-0.2, 0) is 19.3 Å². The molecule has 1 fully saturated rings. The van der Waals surface area contributed by atoms with Crippen LogP contribution in [0.4, 0.5) is 0 Å². The number of ether oxygens (including phenoxy) is 3. The highest BCUT2D eigenvalue weighted by molar-refractivity contribution is 5.83. The molecule has 9 heteroatoms. The molecule has 0 amide bonds. The molecule has 0 radical (unpaired) electrons. The number of hydrogen-bond acceptors (Lipinski definition) is 7. The minimum Gasteiger partial charge on any atom is -0.508 e. The van der Waals surface area contributed by atoms with Crippen LogP contribution in [0.2, 0.25) is 0 Å². The highest BCUT2D eigenvalue weighted by Gasteiger charge is 2.39. The first-order valence-electron chi connectivity index (χ1n) is 21.5. The fourth-order valence-electron chi connectivity index (χ4n) is 9.60. The first kappa shape index (κ1) is 41.5. The minimum absolute atomic E-state index is 0.0628. The zero-order valence-corrected chi connectivity index (χ0v) is 34.5. The molecular formula is C47H67N3O6. The molecule has 1 aliphatic heterocycles. The van der Waals surface area contributed by atoms with Gasteiger partial charge in [-0.25, -0.2) is 0 Å². The SMILES string of the molecule is CCCCCC(C)CCCC1Cc2cc(O)c(CC(C)C)cc2-c2c(OC)cc3c(c21)CC(O)C(c1ccc(O)c(OC2CCCCC2CCN=C(N)N)c1)O3. The van der Waals surface area contributed by atoms with Crippen LogP contribution in [-0.4, -0.2) is 47.1 Å². The van der Waals surface area contributed by atoms with Gasteiger partial charge >= 0.3 is 0 Å². The van der Waals surface area contributed by atoms with Gasteiger partial charge in [-0.1, -0.05) is 78.7 Å². The van der Waals surface area contributed by atoms with E-state index in [1.54, 1.807) is 13.2 Å². The summed E-state index contributed by atoms with van der Waals surface area (Å²) in [7, 11) is 1.72. The van der Waals surface area contributed by atoms with Crippen molar-refractivity contribution in [1.29, 1.82) is 0 Å². The number of nitrogens with two attached hydrogens (primary N) is 2. The molecule has 0 spiro atoms. The summed E-state index contributed by atoms with van der Waals surface area (Å²) in [5.41, 5.74) is 18.4. The highest BCUT2D eigenvalue weighted by atomic mass is 16.5. The molecule has 0 saturated heterocycles. The quantitative estimate of drug-likeness (QED) is 0.0517. The van der Waals surface area contributed by atoms with Crippen LogP contribution in [0.3, 0.4) is 0 Å². The van der Waals surface area contributed by atoms with Gasteiger partial charge in [0.15, 0.2) is 17.5 Å². The number of phenolic OH excluding ortho intramolecular Hbond substituents is 2. The Balaban J connectivity index is 1.32. The molecule has 56 heavy (non-hydrogen) atoms. The van der Waals surface area contributed by atoms with E-state index in [0.29, 0.717) is 36.3 Å². The fraction of sp³-hybridized carbons (Fsp3) is 0.596. The Labute approximate surface area is 334 Å². The van der Waals surface area contributed by atoms with Gasteiger partial charge in [0.1, 0.15) is 29.5 Å². The number of benzene rings is 3. The van der Waals surface area contributed by atoms with Crippen molar-refractivity contribution in [3.8, 4) is 39.9 Å². The Bertz CT molecular complexity index is 1820. The number of rotatable bonds is 17. The molecule has 3 aliphatic rings. The van der Waals surface area contributed by atoms with Crippen molar-refractivity contribution < 1.29 is 29.5 Å². The molecule has 3 aromatic carbocycles. The number of aromatic hydroxyl groups is 2. The van der Waals surface area contributed by atoms with E-state index in [9.17, 15) is 15.3 Å². The molecule has 306 valence electrons. The number of guanidine groups is 1. The predicted molar refractivity (Wildman–Crippen MR) is 225 cm³/mol. The summed E-state index contributed by atoms with van der Waals surface area (Å²) in [4.78, 5) is 4.19. The topological polar surface area (TPSA) is 153 Å². The number of nitrogens with zero attached hydrogens (tertiary/aromatic N) is 1. The van der Waals surface area contributed by atoms with E-state index < -0.39 is 12.2 Å². The summed E-state index contributed by atoms with van der Waals surface area (Å²) in [6, 6.07) is 11.4. The zero-order chi connectivity index (χ0) is 39.9. The highest BCUT2D eigenvalue weighted by Crippen LogP contribution is 2.54. The van der Waals surface area contributed by atoms with Crippen LogP contribution in [0.5, 0.6) is 28.7 Å². The molecule has 7 N–H and O–H groups in total. The summed E-state index contributed by atoms with van der Waals surface area (Å²) >= 11 is 0. The molecule has 6 unspecified atom stereocenters. The lowest BCUT2D eigenvalue weighted by molar-refractivity contribution is 0.0198. The van der Waals surface area contributed by atoms with Crippen molar-refractivity contribution >= 4 is 5.96 Å². The molecule has 2 aliphatic carbocycles. The Hall–Kier alpha value is -4.11. The van der Waals surface area contributed by atoms with E-state index in [1.807, 2.05) is 24.3 Å². The van der Waals surface area contributed by atoms with Gasteiger partial charge in [-0.3, -0.25) is 4.99 Å². The van der Waals surface area contributed by atoms with Crippen molar-refractivity contribution in [2.24, 2.45) is 34.2 Å².